The van der Waals surface area contributed by atoms with Gasteiger partial charge in [0.2, 0.25) is 5.91 Å². The number of hydrogen-bond acceptors (Lipinski definition) is 6. The summed E-state index contributed by atoms with van der Waals surface area (Å²) < 4.78 is 7.04. The van der Waals surface area contributed by atoms with Gasteiger partial charge in [0, 0.05) is 17.8 Å². The average Bonchev–Trinajstić information content (AvgIpc) is 3.07. The van der Waals surface area contributed by atoms with Crippen molar-refractivity contribution in [3.05, 3.63) is 35.4 Å². The number of thioether (sulfide) groups is 1. The molecule has 0 radical (unpaired) electrons. The van der Waals surface area contributed by atoms with Crippen molar-refractivity contribution in [2.45, 2.75) is 38.4 Å². The molecular weight excluding hydrogens is 376 g/mol. The second-order valence-corrected chi connectivity index (χ2v) is 7.44. The zero-order valence-corrected chi connectivity index (χ0v) is 17.2. The normalized spacial score (nSPS) is 12.1. The number of nitrogens with zero attached hydrogens (tertiary/aromatic N) is 3. The first-order valence-corrected chi connectivity index (χ1v) is 10.0. The number of benzene rings is 1. The van der Waals surface area contributed by atoms with Crippen LogP contribution in [0.4, 0.5) is 0 Å². The maximum atomic E-state index is 12.2. The van der Waals surface area contributed by atoms with Gasteiger partial charge in [0.25, 0.3) is 0 Å². The SMILES string of the molecule is CCC(C)NC(=O)CSc1nc2n[nH]c(C)c2c(=N)n1-c1cccc(OC)c1. The van der Waals surface area contributed by atoms with Crippen LogP contribution in [0.25, 0.3) is 16.7 Å². The van der Waals surface area contributed by atoms with Crippen molar-refractivity contribution >= 4 is 28.7 Å². The minimum atomic E-state index is -0.0665. The number of carbonyl (C=O) groups excluding carboxylic acids is 1. The Balaban J connectivity index is 2.05. The van der Waals surface area contributed by atoms with Crippen LogP contribution >= 0.6 is 11.8 Å². The molecule has 0 spiro atoms. The molecule has 148 valence electrons. The highest BCUT2D eigenvalue weighted by Crippen LogP contribution is 2.23. The van der Waals surface area contributed by atoms with E-state index in [0.29, 0.717) is 21.9 Å². The van der Waals surface area contributed by atoms with Crippen LogP contribution in [0.5, 0.6) is 5.75 Å². The fraction of sp³-hybridized carbons (Fsp3) is 0.368. The first kappa shape index (κ1) is 19.9. The molecule has 1 aromatic carbocycles. The van der Waals surface area contributed by atoms with Crippen LogP contribution in [0.15, 0.2) is 29.4 Å². The molecule has 0 aliphatic carbocycles. The number of ether oxygens (including phenoxy) is 1. The second kappa shape index (κ2) is 8.47. The van der Waals surface area contributed by atoms with Crippen molar-refractivity contribution in [1.82, 2.24) is 25.1 Å². The van der Waals surface area contributed by atoms with E-state index >= 15 is 0 Å². The van der Waals surface area contributed by atoms with E-state index in [9.17, 15) is 4.79 Å². The fourth-order valence-corrected chi connectivity index (χ4v) is 3.58. The highest BCUT2D eigenvalue weighted by Gasteiger charge is 2.17. The monoisotopic (exact) mass is 400 g/mol. The predicted molar refractivity (Wildman–Crippen MR) is 109 cm³/mol. The van der Waals surface area contributed by atoms with Crippen molar-refractivity contribution < 1.29 is 9.53 Å². The minimum Gasteiger partial charge on any atom is -0.497 e. The van der Waals surface area contributed by atoms with E-state index < -0.39 is 0 Å². The van der Waals surface area contributed by atoms with Gasteiger partial charge >= 0.3 is 0 Å². The lowest BCUT2D eigenvalue weighted by Gasteiger charge is -2.15. The molecule has 0 bridgehead atoms. The lowest BCUT2D eigenvalue weighted by molar-refractivity contribution is -0.119. The number of aromatic nitrogens is 4. The number of hydrogen-bond donors (Lipinski definition) is 3. The molecule has 2 aromatic heterocycles. The number of carbonyl (C=O) groups is 1. The van der Waals surface area contributed by atoms with Gasteiger partial charge in [0.1, 0.15) is 11.2 Å². The van der Waals surface area contributed by atoms with Crippen LogP contribution < -0.4 is 15.5 Å². The quantitative estimate of drug-likeness (QED) is 0.417. The van der Waals surface area contributed by atoms with E-state index in [4.69, 9.17) is 10.1 Å². The van der Waals surface area contributed by atoms with Crippen LogP contribution in [0.3, 0.4) is 0 Å². The Labute approximate surface area is 167 Å². The Morgan fingerprint density at radius 3 is 2.96 bits per heavy atom. The molecule has 3 aromatic rings. The molecule has 1 atom stereocenters. The highest BCUT2D eigenvalue weighted by molar-refractivity contribution is 7.99. The molecular formula is C19H24N6O2S. The average molecular weight is 401 g/mol. The van der Waals surface area contributed by atoms with Gasteiger partial charge in [0.15, 0.2) is 10.8 Å². The zero-order chi connectivity index (χ0) is 20.3. The Bertz CT molecular complexity index is 1060. The van der Waals surface area contributed by atoms with Crippen molar-refractivity contribution in [3.8, 4) is 11.4 Å². The Morgan fingerprint density at radius 1 is 1.46 bits per heavy atom. The summed E-state index contributed by atoms with van der Waals surface area (Å²) >= 11 is 1.28. The summed E-state index contributed by atoms with van der Waals surface area (Å²) in [4.78, 5) is 16.8. The Hall–Kier alpha value is -2.81. The van der Waals surface area contributed by atoms with Crippen molar-refractivity contribution in [2.24, 2.45) is 0 Å². The topological polar surface area (TPSA) is 109 Å². The molecule has 1 unspecified atom stereocenters. The Morgan fingerprint density at radius 2 is 2.25 bits per heavy atom. The number of methoxy groups -OCH3 is 1. The molecule has 0 aliphatic heterocycles. The van der Waals surface area contributed by atoms with Gasteiger partial charge in [-0.25, -0.2) is 4.98 Å². The van der Waals surface area contributed by atoms with Gasteiger partial charge in [-0.2, -0.15) is 5.10 Å². The molecule has 28 heavy (non-hydrogen) atoms. The molecule has 9 heteroatoms. The van der Waals surface area contributed by atoms with Gasteiger partial charge in [-0.1, -0.05) is 24.8 Å². The highest BCUT2D eigenvalue weighted by atomic mass is 32.2. The van der Waals surface area contributed by atoms with Crippen LogP contribution in [0.1, 0.15) is 26.0 Å². The van der Waals surface area contributed by atoms with E-state index in [-0.39, 0.29) is 23.2 Å². The van der Waals surface area contributed by atoms with Crippen LogP contribution in [-0.2, 0) is 4.79 Å². The number of fused-ring (bicyclic) bond motifs is 1. The number of aromatic amines is 1. The van der Waals surface area contributed by atoms with Crippen LogP contribution in [0, 0.1) is 12.3 Å². The van der Waals surface area contributed by atoms with E-state index in [0.717, 1.165) is 17.8 Å². The third-order valence-corrected chi connectivity index (χ3v) is 5.38. The number of H-pyrrole nitrogens is 1. The summed E-state index contributed by atoms with van der Waals surface area (Å²) in [5.74, 6) is 0.817. The zero-order valence-electron chi connectivity index (χ0n) is 16.4. The molecule has 3 N–H and O–H groups in total. The summed E-state index contributed by atoms with van der Waals surface area (Å²) in [6.07, 6.45) is 0.869. The number of amides is 1. The van der Waals surface area contributed by atoms with Crippen LogP contribution in [-0.4, -0.2) is 44.6 Å². The molecule has 1 amide bonds. The van der Waals surface area contributed by atoms with Gasteiger partial charge in [-0.3, -0.25) is 19.9 Å². The van der Waals surface area contributed by atoms with Gasteiger partial charge in [-0.15, -0.1) is 0 Å². The Kier molecular flexibility index (Phi) is 6.03. The van der Waals surface area contributed by atoms with Crippen LogP contribution in [0.2, 0.25) is 0 Å². The predicted octanol–water partition coefficient (Wildman–Crippen LogP) is 2.55. The number of aryl methyl sites for hydroxylation is 1. The molecule has 0 saturated heterocycles. The molecule has 0 aliphatic rings. The molecule has 0 fully saturated rings. The van der Waals surface area contributed by atoms with E-state index in [1.165, 1.54) is 11.8 Å². The van der Waals surface area contributed by atoms with Gasteiger partial charge in [0.05, 0.1) is 23.9 Å². The summed E-state index contributed by atoms with van der Waals surface area (Å²) in [7, 11) is 1.60. The van der Waals surface area contributed by atoms with E-state index in [1.807, 2.05) is 45.0 Å². The van der Waals surface area contributed by atoms with E-state index in [2.05, 4.69) is 20.5 Å². The molecule has 0 saturated carbocycles. The lowest BCUT2D eigenvalue weighted by Crippen LogP contribution is -2.33. The summed E-state index contributed by atoms with van der Waals surface area (Å²) in [5.41, 5.74) is 2.24. The fourth-order valence-electron chi connectivity index (χ4n) is 2.76. The third kappa shape index (κ3) is 4.04. The maximum Gasteiger partial charge on any atom is 0.230 e. The first-order chi connectivity index (χ1) is 13.4. The minimum absolute atomic E-state index is 0.0665. The summed E-state index contributed by atoms with van der Waals surface area (Å²) in [6.45, 7) is 5.85. The lowest BCUT2D eigenvalue weighted by atomic mass is 10.2. The summed E-state index contributed by atoms with van der Waals surface area (Å²) in [6, 6.07) is 7.54. The van der Waals surface area contributed by atoms with Gasteiger partial charge in [-0.05, 0) is 32.4 Å². The number of rotatable bonds is 7. The molecule has 2 heterocycles. The van der Waals surface area contributed by atoms with Crippen molar-refractivity contribution in [3.63, 3.8) is 0 Å². The second-order valence-electron chi connectivity index (χ2n) is 6.49. The largest absolute Gasteiger partial charge is 0.497 e. The third-order valence-electron chi connectivity index (χ3n) is 4.45. The van der Waals surface area contributed by atoms with Crippen molar-refractivity contribution in [2.75, 3.05) is 12.9 Å². The summed E-state index contributed by atoms with van der Waals surface area (Å²) in [5, 5.41) is 19.9. The standard InChI is InChI=1S/C19H24N6O2S/c1-5-11(2)21-15(26)10-28-19-22-18-16(12(3)23-24-18)17(20)25(19)13-7-6-8-14(9-13)27-4/h6-9,11,20H,5,10H2,1-4H3,(H,21,26)(H,23,24). The first-order valence-electron chi connectivity index (χ1n) is 9.03. The van der Waals surface area contributed by atoms with E-state index in [1.54, 1.807) is 11.7 Å². The number of nitrogens with one attached hydrogen (secondary N) is 3. The van der Waals surface area contributed by atoms with Gasteiger partial charge < -0.3 is 10.1 Å². The molecule has 3 rings (SSSR count). The smallest absolute Gasteiger partial charge is 0.230 e. The maximum absolute atomic E-state index is 12.2. The molecule has 8 nitrogen and oxygen atoms in total. The van der Waals surface area contributed by atoms with Crippen molar-refractivity contribution in [1.29, 1.82) is 5.41 Å².